The molecule has 0 atom stereocenters. The first kappa shape index (κ1) is 21.7. The molecule has 0 amide bonds. The van der Waals surface area contributed by atoms with Gasteiger partial charge >= 0.3 is 41.9 Å². The van der Waals surface area contributed by atoms with Crippen LogP contribution in [0.2, 0.25) is 0 Å². The van der Waals surface area contributed by atoms with Crippen LogP contribution in [0.25, 0.3) is 0 Å². The Kier molecular flexibility index (Phi) is 7.51. The molecule has 1 rings (SSSR count). The molecule has 0 N–H and O–H groups in total. The summed E-state index contributed by atoms with van der Waals surface area (Å²) in [6.07, 6.45) is -10.00. The third-order valence-corrected chi connectivity index (χ3v) is 2.24. The zero-order valence-corrected chi connectivity index (χ0v) is 13.9. The Morgan fingerprint density at radius 3 is 1.87 bits per heavy atom. The summed E-state index contributed by atoms with van der Waals surface area (Å²) in [5.41, 5.74) is -3.80. The van der Waals surface area contributed by atoms with E-state index in [4.69, 9.17) is 0 Å². The molecule has 0 aromatic heterocycles. The molecule has 0 fully saturated rings. The topological polar surface area (TPSA) is 68.1 Å². The number of hydrogen-bond donors (Lipinski definition) is 0. The standard InChI is InChI=1S/C11H9F6N3O2.Na/c1-20(5-9(21)22)19-18-8-3-6(10(12,13)14)2-7(4-8)11(15,16)17;/h2-4H,5H2,1H3,(H,21,22);/q;+1/p-1. The number of rotatable bonds is 4. The molecule has 5 nitrogen and oxygen atoms in total. The van der Waals surface area contributed by atoms with Crippen LogP contribution in [-0.2, 0) is 17.1 Å². The molecule has 0 heterocycles. The summed E-state index contributed by atoms with van der Waals surface area (Å²) in [7, 11) is 1.11. The molecule has 12 heteroatoms. The molecular formula is C11H8F6N3NaO2. The zero-order chi connectivity index (χ0) is 17.1. The van der Waals surface area contributed by atoms with Crippen LogP contribution in [0.15, 0.2) is 28.5 Å². The number of nitrogens with zero attached hydrogens (tertiary/aromatic N) is 3. The van der Waals surface area contributed by atoms with Gasteiger partial charge < -0.3 is 9.90 Å². The van der Waals surface area contributed by atoms with E-state index in [1.807, 2.05) is 0 Å². The second-order valence-corrected chi connectivity index (χ2v) is 4.14. The second kappa shape index (κ2) is 7.97. The molecule has 122 valence electrons. The quantitative estimate of drug-likeness (QED) is 0.315. The summed E-state index contributed by atoms with van der Waals surface area (Å²) < 4.78 is 75.4. The van der Waals surface area contributed by atoms with E-state index in [9.17, 15) is 36.2 Å². The van der Waals surface area contributed by atoms with E-state index < -0.39 is 41.7 Å². The minimum Gasteiger partial charge on any atom is -0.548 e. The van der Waals surface area contributed by atoms with Gasteiger partial charge in [0.15, 0.2) is 0 Å². The van der Waals surface area contributed by atoms with Crippen LogP contribution in [0.3, 0.4) is 0 Å². The fraction of sp³-hybridized carbons (Fsp3) is 0.364. The molecular weight excluding hydrogens is 343 g/mol. The first-order chi connectivity index (χ1) is 9.89. The molecule has 0 unspecified atom stereocenters. The monoisotopic (exact) mass is 351 g/mol. The number of carboxylic acids is 1. The molecule has 1 aromatic rings. The summed E-state index contributed by atoms with van der Waals surface area (Å²) in [6.45, 7) is -0.728. The van der Waals surface area contributed by atoms with Crippen LogP contribution in [0.4, 0.5) is 32.0 Å². The van der Waals surface area contributed by atoms with Gasteiger partial charge in [0.25, 0.3) is 0 Å². The van der Waals surface area contributed by atoms with E-state index >= 15 is 0 Å². The van der Waals surface area contributed by atoms with Gasteiger partial charge in [-0.15, -0.1) is 5.11 Å². The Balaban J connectivity index is 0.00000484. The molecule has 0 saturated heterocycles. The number of hydrogen-bond acceptors (Lipinski definition) is 4. The fourth-order valence-electron chi connectivity index (χ4n) is 1.34. The molecule has 23 heavy (non-hydrogen) atoms. The number of likely N-dealkylation sites (N-methyl/N-ethyl adjacent to an activating group) is 1. The summed E-state index contributed by atoms with van der Waals surface area (Å²) >= 11 is 0. The first-order valence-electron chi connectivity index (χ1n) is 5.51. The van der Waals surface area contributed by atoms with Crippen LogP contribution in [0.1, 0.15) is 11.1 Å². The van der Waals surface area contributed by atoms with Crippen molar-refractivity contribution in [3.05, 3.63) is 29.3 Å². The second-order valence-electron chi connectivity index (χ2n) is 4.14. The summed E-state index contributed by atoms with van der Waals surface area (Å²) in [5, 5.41) is 17.3. The van der Waals surface area contributed by atoms with Gasteiger partial charge in [0.2, 0.25) is 0 Å². The summed E-state index contributed by atoms with van der Waals surface area (Å²) in [5.74, 6) is -1.54. The van der Waals surface area contributed by atoms with Crippen LogP contribution < -0.4 is 34.7 Å². The molecule has 1 aromatic carbocycles. The summed E-state index contributed by atoms with van der Waals surface area (Å²) in [4.78, 5) is 10.2. The fourth-order valence-corrected chi connectivity index (χ4v) is 1.34. The molecule has 0 aliphatic carbocycles. The largest absolute Gasteiger partial charge is 1.00 e. The van der Waals surface area contributed by atoms with Crippen molar-refractivity contribution in [2.75, 3.05) is 13.6 Å². The molecule has 0 saturated carbocycles. The predicted molar refractivity (Wildman–Crippen MR) is 58.6 cm³/mol. The van der Waals surface area contributed by atoms with Crippen LogP contribution >= 0.6 is 0 Å². The van der Waals surface area contributed by atoms with Crippen molar-refractivity contribution < 1.29 is 65.8 Å². The number of carbonyl (C=O) groups excluding carboxylic acids is 1. The number of carboxylic acid groups (broad SMARTS) is 1. The van der Waals surface area contributed by atoms with Gasteiger partial charge in [-0.2, -0.15) is 26.3 Å². The van der Waals surface area contributed by atoms with Gasteiger partial charge in [-0.1, -0.05) is 5.22 Å². The molecule has 0 bridgehead atoms. The minimum atomic E-state index is -5.00. The maximum Gasteiger partial charge on any atom is 1.00 e. The Hall–Kier alpha value is -1.33. The Morgan fingerprint density at radius 1 is 1.09 bits per heavy atom. The number of alkyl halides is 6. The van der Waals surface area contributed by atoms with Crippen LogP contribution in [0, 0.1) is 0 Å². The normalized spacial score (nSPS) is 12.1. The van der Waals surface area contributed by atoms with Gasteiger partial charge in [0, 0.05) is 7.05 Å². The van der Waals surface area contributed by atoms with Crippen molar-refractivity contribution in [2.45, 2.75) is 12.4 Å². The van der Waals surface area contributed by atoms with E-state index in [1.54, 1.807) is 0 Å². The van der Waals surface area contributed by atoms with Gasteiger partial charge in [0.05, 0.1) is 29.3 Å². The number of aliphatic carboxylic acids is 1. The zero-order valence-electron chi connectivity index (χ0n) is 11.9. The average molecular weight is 351 g/mol. The van der Waals surface area contributed by atoms with E-state index in [2.05, 4.69) is 10.3 Å². The Morgan fingerprint density at radius 2 is 1.52 bits per heavy atom. The molecule has 0 aliphatic heterocycles. The van der Waals surface area contributed by atoms with Gasteiger partial charge in [-0.05, 0) is 18.2 Å². The van der Waals surface area contributed by atoms with E-state index in [0.29, 0.717) is 17.1 Å². The third kappa shape index (κ3) is 7.18. The van der Waals surface area contributed by atoms with E-state index in [1.165, 1.54) is 0 Å². The first-order valence-corrected chi connectivity index (χ1v) is 5.51. The van der Waals surface area contributed by atoms with Crippen LogP contribution in [0.5, 0.6) is 0 Å². The minimum absolute atomic E-state index is 0. The molecule has 0 radical (unpaired) electrons. The number of benzene rings is 1. The average Bonchev–Trinajstić information content (AvgIpc) is 2.33. The predicted octanol–water partition coefficient (Wildman–Crippen LogP) is -0.591. The Labute approximate surface area is 148 Å². The van der Waals surface area contributed by atoms with Crippen molar-refractivity contribution in [2.24, 2.45) is 10.3 Å². The number of carbonyl (C=O) groups is 1. The smallest absolute Gasteiger partial charge is 0.548 e. The van der Waals surface area contributed by atoms with Crippen molar-refractivity contribution in [1.29, 1.82) is 0 Å². The van der Waals surface area contributed by atoms with Gasteiger partial charge in [0.1, 0.15) is 0 Å². The number of halogens is 6. The maximum absolute atomic E-state index is 12.6. The van der Waals surface area contributed by atoms with Crippen LogP contribution in [-0.4, -0.2) is 24.6 Å². The Bertz CT molecular complexity index is 556. The van der Waals surface area contributed by atoms with Crippen molar-refractivity contribution >= 4 is 11.7 Å². The molecule has 0 spiro atoms. The van der Waals surface area contributed by atoms with E-state index in [0.717, 1.165) is 7.05 Å². The maximum atomic E-state index is 12.6. The van der Waals surface area contributed by atoms with Gasteiger partial charge in [-0.3, -0.25) is 5.01 Å². The third-order valence-electron chi connectivity index (χ3n) is 2.24. The van der Waals surface area contributed by atoms with E-state index in [-0.39, 0.29) is 35.6 Å². The van der Waals surface area contributed by atoms with Gasteiger partial charge in [-0.25, -0.2) is 0 Å². The SMILES string of the molecule is CN(CC(=O)[O-])N=Nc1cc(C(F)(F)F)cc(C(F)(F)F)c1.[Na+]. The van der Waals surface area contributed by atoms with Crippen molar-refractivity contribution in [3.63, 3.8) is 0 Å². The molecule has 0 aliphatic rings. The summed E-state index contributed by atoms with van der Waals surface area (Å²) in [6, 6.07) is 0.682. The van der Waals surface area contributed by atoms with Crippen molar-refractivity contribution in [3.8, 4) is 0 Å². The van der Waals surface area contributed by atoms with Crippen molar-refractivity contribution in [1.82, 2.24) is 5.01 Å².